The van der Waals surface area contributed by atoms with E-state index in [1.807, 2.05) is 24.3 Å². The smallest absolute Gasteiger partial charge is 0.302 e. The minimum absolute atomic E-state index is 0.261. The molecule has 2 aromatic rings. The average Bonchev–Trinajstić information content (AvgIpc) is 2.47. The molecule has 0 spiro atoms. The third-order valence-corrected chi connectivity index (χ3v) is 2.99. The molecule has 3 heteroatoms. The molecule has 0 unspecified atom stereocenters. The number of carbonyl (C=O) groups excluding carboxylic acids is 1. The molecule has 3 nitrogen and oxygen atoms in total. The predicted molar refractivity (Wildman–Crippen MR) is 78.1 cm³/mol. The van der Waals surface area contributed by atoms with Crippen LogP contribution in [0.25, 0.3) is 11.1 Å². The van der Waals surface area contributed by atoms with Gasteiger partial charge < -0.3 is 9.47 Å². The molecule has 0 bridgehead atoms. The van der Waals surface area contributed by atoms with Gasteiger partial charge in [0.15, 0.2) is 0 Å². The number of hydrogen-bond acceptors (Lipinski definition) is 3. The second kappa shape index (κ2) is 6.87. The Bertz CT molecular complexity index is 556. The van der Waals surface area contributed by atoms with Crippen molar-refractivity contribution in [1.29, 1.82) is 0 Å². The normalized spacial score (nSPS) is 10.3. The summed E-state index contributed by atoms with van der Waals surface area (Å²) >= 11 is 0. The van der Waals surface area contributed by atoms with E-state index in [4.69, 9.17) is 9.47 Å². The van der Waals surface area contributed by atoms with E-state index in [-0.39, 0.29) is 5.97 Å². The van der Waals surface area contributed by atoms with Gasteiger partial charge >= 0.3 is 5.97 Å². The monoisotopic (exact) mass is 270 g/mol. The molecule has 0 aliphatic heterocycles. The standard InChI is InChI=1S/C17H18O3/c1-13(18)20-12-15-5-9-17(10-6-15)16-7-3-14(4-8-16)11-19-2/h3-10H,11-12H2,1-2H3. The van der Waals surface area contributed by atoms with Crippen molar-refractivity contribution < 1.29 is 14.3 Å². The summed E-state index contributed by atoms with van der Waals surface area (Å²) in [5, 5.41) is 0. The van der Waals surface area contributed by atoms with Crippen LogP contribution in [-0.4, -0.2) is 13.1 Å². The third-order valence-electron chi connectivity index (χ3n) is 2.99. The summed E-state index contributed by atoms with van der Waals surface area (Å²) in [6, 6.07) is 16.3. The zero-order chi connectivity index (χ0) is 14.4. The molecule has 2 aromatic carbocycles. The van der Waals surface area contributed by atoms with Crippen molar-refractivity contribution in [2.75, 3.05) is 7.11 Å². The number of ether oxygens (including phenoxy) is 2. The summed E-state index contributed by atoms with van der Waals surface area (Å²) < 4.78 is 10.1. The summed E-state index contributed by atoms with van der Waals surface area (Å²) in [5.41, 5.74) is 4.44. The Morgan fingerprint density at radius 2 is 1.30 bits per heavy atom. The minimum atomic E-state index is -0.261. The molecule has 0 saturated heterocycles. The number of esters is 1. The first-order chi connectivity index (χ1) is 9.69. The highest BCUT2D eigenvalue weighted by atomic mass is 16.5. The fraction of sp³-hybridized carbons (Fsp3) is 0.235. The van der Waals surface area contributed by atoms with Crippen molar-refractivity contribution >= 4 is 5.97 Å². The zero-order valence-electron chi connectivity index (χ0n) is 11.8. The largest absolute Gasteiger partial charge is 0.461 e. The highest BCUT2D eigenvalue weighted by molar-refractivity contribution is 5.66. The summed E-state index contributed by atoms with van der Waals surface area (Å²) in [5.74, 6) is -0.261. The molecule has 0 N–H and O–H groups in total. The van der Waals surface area contributed by atoms with Crippen LogP contribution in [-0.2, 0) is 27.5 Å². The maximum atomic E-state index is 10.8. The Hall–Kier alpha value is -2.13. The Morgan fingerprint density at radius 1 is 0.850 bits per heavy atom. The first-order valence-corrected chi connectivity index (χ1v) is 6.49. The topological polar surface area (TPSA) is 35.5 Å². The maximum absolute atomic E-state index is 10.8. The van der Waals surface area contributed by atoms with Crippen LogP contribution in [0, 0.1) is 0 Å². The van der Waals surface area contributed by atoms with Gasteiger partial charge in [0.2, 0.25) is 0 Å². The van der Waals surface area contributed by atoms with Crippen molar-refractivity contribution in [2.45, 2.75) is 20.1 Å². The van der Waals surface area contributed by atoms with Gasteiger partial charge in [0, 0.05) is 14.0 Å². The molecule has 104 valence electrons. The van der Waals surface area contributed by atoms with Gasteiger partial charge in [-0.2, -0.15) is 0 Å². The molecule has 0 radical (unpaired) electrons. The van der Waals surface area contributed by atoms with E-state index < -0.39 is 0 Å². The predicted octanol–water partition coefficient (Wildman–Crippen LogP) is 3.56. The van der Waals surface area contributed by atoms with Crippen LogP contribution >= 0.6 is 0 Å². The zero-order valence-corrected chi connectivity index (χ0v) is 11.8. The first-order valence-electron chi connectivity index (χ1n) is 6.49. The van der Waals surface area contributed by atoms with Crippen LogP contribution in [0.3, 0.4) is 0 Å². The Morgan fingerprint density at radius 3 is 1.70 bits per heavy atom. The number of hydrogen-bond donors (Lipinski definition) is 0. The SMILES string of the molecule is COCc1ccc(-c2ccc(COC(C)=O)cc2)cc1. The molecule has 0 amide bonds. The van der Waals surface area contributed by atoms with E-state index in [2.05, 4.69) is 24.3 Å². The fourth-order valence-electron chi connectivity index (χ4n) is 1.94. The molecular formula is C17H18O3. The second-order valence-corrected chi connectivity index (χ2v) is 4.61. The van der Waals surface area contributed by atoms with Gasteiger partial charge in [-0.25, -0.2) is 0 Å². The lowest BCUT2D eigenvalue weighted by Gasteiger charge is -2.06. The van der Waals surface area contributed by atoms with Crippen LogP contribution in [0.1, 0.15) is 18.1 Å². The molecule has 0 fully saturated rings. The summed E-state index contributed by atoms with van der Waals surface area (Å²) in [6.45, 7) is 2.36. The molecular weight excluding hydrogens is 252 g/mol. The van der Waals surface area contributed by atoms with Gasteiger partial charge in [-0.1, -0.05) is 48.5 Å². The lowest BCUT2D eigenvalue weighted by molar-refractivity contribution is -0.142. The van der Waals surface area contributed by atoms with Crippen LogP contribution in [0.15, 0.2) is 48.5 Å². The summed E-state index contributed by atoms with van der Waals surface area (Å²) in [4.78, 5) is 10.8. The lowest BCUT2D eigenvalue weighted by Crippen LogP contribution is -1.98. The van der Waals surface area contributed by atoms with Gasteiger partial charge in [0.1, 0.15) is 6.61 Å². The number of benzene rings is 2. The third kappa shape index (κ3) is 3.93. The van der Waals surface area contributed by atoms with Crippen molar-refractivity contribution in [1.82, 2.24) is 0 Å². The molecule has 0 saturated carbocycles. The molecule has 0 heterocycles. The van der Waals surface area contributed by atoms with Crippen LogP contribution < -0.4 is 0 Å². The van der Waals surface area contributed by atoms with Gasteiger partial charge in [-0.15, -0.1) is 0 Å². The molecule has 0 aliphatic rings. The van der Waals surface area contributed by atoms with Crippen molar-refractivity contribution in [3.05, 3.63) is 59.7 Å². The van der Waals surface area contributed by atoms with Gasteiger partial charge in [-0.05, 0) is 22.3 Å². The van der Waals surface area contributed by atoms with Crippen molar-refractivity contribution in [3.63, 3.8) is 0 Å². The minimum Gasteiger partial charge on any atom is -0.461 e. The number of carbonyl (C=O) groups is 1. The van der Waals surface area contributed by atoms with E-state index >= 15 is 0 Å². The van der Waals surface area contributed by atoms with Crippen LogP contribution in [0.4, 0.5) is 0 Å². The highest BCUT2D eigenvalue weighted by Crippen LogP contribution is 2.21. The fourth-order valence-corrected chi connectivity index (χ4v) is 1.94. The maximum Gasteiger partial charge on any atom is 0.302 e. The lowest BCUT2D eigenvalue weighted by atomic mass is 10.0. The highest BCUT2D eigenvalue weighted by Gasteiger charge is 2.00. The van der Waals surface area contributed by atoms with E-state index in [9.17, 15) is 4.79 Å². The van der Waals surface area contributed by atoms with Crippen molar-refractivity contribution in [3.8, 4) is 11.1 Å². The van der Waals surface area contributed by atoms with Crippen LogP contribution in [0.5, 0.6) is 0 Å². The van der Waals surface area contributed by atoms with Crippen molar-refractivity contribution in [2.24, 2.45) is 0 Å². The van der Waals surface area contributed by atoms with Gasteiger partial charge in [0.05, 0.1) is 6.61 Å². The molecule has 0 aromatic heterocycles. The average molecular weight is 270 g/mol. The van der Waals surface area contributed by atoms with Gasteiger partial charge in [0.25, 0.3) is 0 Å². The number of methoxy groups -OCH3 is 1. The van der Waals surface area contributed by atoms with E-state index in [0.29, 0.717) is 13.2 Å². The van der Waals surface area contributed by atoms with Crippen LogP contribution in [0.2, 0.25) is 0 Å². The summed E-state index contributed by atoms with van der Waals surface area (Å²) in [7, 11) is 1.69. The molecule has 0 aliphatic carbocycles. The quantitative estimate of drug-likeness (QED) is 0.779. The molecule has 20 heavy (non-hydrogen) atoms. The van der Waals surface area contributed by atoms with Gasteiger partial charge in [-0.3, -0.25) is 4.79 Å². The Balaban J connectivity index is 2.07. The number of rotatable bonds is 5. The van der Waals surface area contributed by atoms with E-state index in [0.717, 1.165) is 22.3 Å². The molecule has 0 atom stereocenters. The first kappa shape index (κ1) is 14.3. The Kier molecular flexibility index (Phi) is 4.91. The van der Waals surface area contributed by atoms with E-state index in [1.165, 1.54) is 6.92 Å². The van der Waals surface area contributed by atoms with E-state index in [1.54, 1.807) is 7.11 Å². The Labute approximate surface area is 119 Å². The molecule has 2 rings (SSSR count). The second-order valence-electron chi connectivity index (χ2n) is 4.61. The summed E-state index contributed by atoms with van der Waals surface area (Å²) in [6.07, 6.45) is 0.